The van der Waals surface area contributed by atoms with Crippen LogP contribution in [-0.2, 0) is 9.53 Å². The number of rotatable bonds is 5. The van der Waals surface area contributed by atoms with Crippen LogP contribution < -0.4 is 0 Å². The Morgan fingerprint density at radius 3 is 1.84 bits per heavy atom. The number of benzene rings is 2. The Morgan fingerprint density at radius 2 is 1.36 bits per heavy atom. The monoisotopic (exact) mass is 340 g/mol. The average Bonchev–Trinajstić information content (AvgIpc) is 2.68. The standard InChI is InChI=1S/C20H22O3.C2H6/c1-14(19(22)23-4)20(2,3)18(21)17-12-10-16(11-13-17)15-8-6-5-7-9-15;1-2/h5-14H,1-4H3;1-2H3. The second-order valence-corrected chi connectivity index (χ2v) is 6.24. The number of ketones is 1. The third-order valence-corrected chi connectivity index (χ3v) is 4.48. The molecule has 0 aliphatic rings. The highest BCUT2D eigenvalue weighted by Gasteiger charge is 2.39. The van der Waals surface area contributed by atoms with Crippen molar-refractivity contribution in [3.63, 3.8) is 0 Å². The number of carbonyl (C=O) groups is 2. The topological polar surface area (TPSA) is 43.4 Å². The summed E-state index contributed by atoms with van der Waals surface area (Å²) in [5.74, 6) is -0.937. The van der Waals surface area contributed by atoms with Crippen molar-refractivity contribution in [2.24, 2.45) is 11.3 Å². The molecule has 0 spiro atoms. The highest BCUT2D eigenvalue weighted by molar-refractivity contribution is 6.02. The van der Waals surface area contributed by atoms with Crippen molar-refractivity contribution in [3.05, 3.63) is 60.2 Å². The number of ether oxygens (including phenoxy) is 1. The SMILES string of the molecule is CC.COC(=O)C(C)C(C)(C)C(=O)c1ccc(-c2ccccc2)cc1. The third kappa shape index (κ3) is 4.79. The Hall–Kier alpha value is -2.42. The summed E-state index contributed by atoms with van der Waals surface area (Å²) in [6, 6.07) is 17.5. The van der Waals surface area contributed by atoms with E-state index >= 15 is 0 Å². The second kappa shape index (κ2) is 9.16. The average molecular weight is 340 g/mol. The van der Waals surface area contributed by atoms with Crippen molar-refractivity contribution in [1.82, 2.24) is 0 Å². The lowest BCUT2D eigenvalue weighted by atomic mass is 9.74. The largest absolute Gasteiger partial charge is 0.469 e. The van der Waals surface area contributed by atoms with E-state index in [-0.39, 0.29) is 11.8 Å². The molecular formula is C22H28O3. The van der Waals surface area contributed by atoms with Crippen molar-refractivity contribution >= 4 is 11.8 Å². The first-order valence-corrected chi connectivity index (χ1v) is 8.66. The fourth-order valence-corrected chi connectivity index (χ4v) is 2.48. The first kappa shape index (κ1) is 20.6. The Kier molecular flexibility index (Phi) is 7.56. The Morgan fingerprint density at radius 1 is 0.880 bits per heavy atom. The molecule has 0 amide bonds. The van der Waals surface area contributed by atoms with E-state index in [4.69, 9.17) is 4.74 Å². The van der Waals surface area contributed by atoms with Gasteiger partial charge in [0.1, 0.15) is 0 Å². The molecule has 2 aromatic rings. The van der Waals surface area contributed by atoms with Crippen molar-refractivity contribution in [2.45, 2.75) is 34.6 Å². The zero-order valence-corrected chi connectivity index (χ0v) is 16.0. The van der Waals surface area contributed by atoms with Crippen LogP contribution in [0.2, 0.25) is 0 Å². The van der Waals surface area contributed by atoms with Gasteiger partial charge in [-0.3, -0.25) is 9.59 Å². The number of Topliss-reactive ketones (excluding diaryl/α,β-unsaturated/α-hetero) is 1. The van der Waals surface area contributed by atoms with Gasteiger partial charge >= 0.3 is 5.97 Å². The molecule has 0 radical (unpaired) electrons. The molecule has 25 heavy (non-hydrogen) atoms. The van der Waals surface area contributed by atoms with Crippen LogP contribution in [0.15, 0.2) is 54.6 Å². The normalized spacial score (nSPS) is 11.8. The van der Waals surface area contributed by atoms with Crippen molar-refractivity contribution in [2.75, 3.05) is 7.11 Å². The van der Waals surface area contributed by atoms with E-state index < -0.39 is 11.3 Å². The van der Waals surface area contributed by atoms with Gasteiger partial charge in [-0.25, -0.2) is 0 Å². The fourth-order valence-electron chi connectivity index (χ4n) is 2.48. The number of hydrogen-bond donors (Lipinski definition) is 0. The van der Waals surface area contributed by atoms with Crippen molar-refractivity contribution < 1.29 is 14.3 Å². The van der Waals surface area contributed by atoms with Crippen molar-refractivity contribution in [3.8, 4) is 11.1 Å². The molecule has 0 fully saturated rings. The Bertz CT molecular complexity index is 685. The van der Waals surface area contributed by atoms with E-state index in [9.17, 15) is 9.59 Å². The summed E-state index contributed by atoms with van der Waals surface area (Å²) in [6.07, 6.45) is 0. The molecule has 0 aromatic heterocycles. The van der Waals surface area contributed by atoms with E-state index in [1.54, 1.807) is 20.8 Å². The zero-order valence-electron chi connectivity index (χ0n) is 16.0. The minimum atomic E-state index is -0.818. The smallest absolute Gasteiger partial charge is 0.309 e. The molecular weight excluding hydrogens is 312 g/mol. The maximum Gasteiger partial charge on any atom is 0.309 e. The second-order valence-electron chi connectivity index (χ2n) is 6.24. The van der Waals surface area contributed by atoms with Gasteiger partial charge in [0.05, 0.1) is 13.0 Å². The van der Waals surface area contributed by atoms with Gasteiger partial charge < -0.3 is 4.74 Å². The van der Waals surface area contributed by atoms with Crippen LogP contribution in [0.1, 0.15) is 45.0 Å². The van der Waals surface area contributed by atoms with Crippen LogP contribution in [0.25, 0.3) is 11.1 Å². The predicted octanol–water partition coefficient (Wildman–Crippen LogP) is 5.40. The lowest BCUT2D eigenvalue weighted by Gasteiger charge is -2.28. The van der Waals surface area contributed by atoms with Gasteiger partial charge in [-0.05, 0) is 11.1 Å². The van der Waals surface area contributed by atoms with E-state index in [2.05, 4.69) is 0 Å². The number of hydrogen-bond acceptors (Lipinski definition) is 3. The van der Waals surface area contributed by atoms with Crippen LogP contribution in [0.4, 0.5) is 0 Å². The van der Waals surface area contributed by atoms with Gasteiger partial charge in [0, 0.05) is 11.0 Å². The molecule has 0 saturated heterocycles. The molecule has 0 saturated carbocycles. The molecule has 0 aliphatic heterocycles. The first-order valence-electron chi connectivity index (χ1n) is 8.66. The van der Waals surface area contributed by atoms with Crippen LogP contribution in [-0.4, -0.2) is 18.9 Å². The molecule has 0 N–H and O–H groups in total. The predicted molar refractivity (Wildman–Crippen MR) is 103 cm³/mol. The van der Waals surface area contributed by atoms with E-state index in [1.807, 2.05) is 68.4 Å². The van der Waals surface area contributed by atoms with Crippen LogP contribution in [0.3, 0.4) is 0 Å². The van der Waals surface area contributed by atoms with E-state index in [1.165, 1.54) is 7.11 Å². The molecule has 2 rings (SSSR count). The summed E-state index contributed by atoms with van der Waals surface area (Å²) < 4.78 is 4.77. The summed E-state index contributed by atoms with van der Waals surface area (Å²) in [5, 5.41) is 0. The summed E-state index contributed by atoms with van der Waals surface area (Å²) in [6.45, 7) is 9.28. The van der Waals surface area contributed by atoms with Crippen LogP contribution >= 0.6 is 0 Å². The summed E-state index contributed by atoms with van der Waals surface area (Å²) in [5.41, 5.74) is 1.95. The molecule has 2 aromatic carbocycles. The molecule has 3 heteroatoms. The highest BCUT2D eigenvalue weighted by Crippen LogP contribution is 2.32. The van der Waals surface area contributed by atoms with E-state index in [0.717, 1.165) is 11.1 Å². The fraction of sp³-hybridized carbons (Fsp3) is 0.364. The molecule has 0 bridgehead atoms. The molecule has 0 heterocycles. The van der Waals surface area contributed by atoms with Crippen LogP contribution in [0.5, 0.6) is 0 Å². The molecule has 0 aliphatic carbocycles. The summed E-state index contributed by atoms with van der Waals surface area (Å²) in [7, 11) is 1.34. The maximum absolute atomic E-state index is 12.8. The van der Waals surface area contributed by atoms with Gasteiger partial charge in [0.15, 0.2) is 5.78 Å². The quantitative estimate of drug-likeness (QED) is 0.541. The minimum absolute atomic E-state index is 0.0602. The summed E-state index contributed by atoms with van der Waals surface area (Å²) >= 11 is 0. The zero-order chi connectivity index (χ0) is 19.0. The highest BCUT2D eigenvalue weighted by atomic mass is 16.5. The van der Waals surface area contributed by atoms with Gasteiger partial charge in [-0.2, -0.15) is 0 Å². The Labute approximate surface area is 151 Å². The molecule has 3 nitrogen and oxygen atoms in total. The van der Waals surface area contributed by atoms with E-state index in [0.29, 0.717) is 5.56 Å². The maximum atomic E-state index is 12.8. The third-order valence-electron chi connectivity index (χ3n) is 4.48. The van der Waals surface area contributed by atoms with Gasteiger partial charge in [-0.15, -0.1) is 0 Å². The Balaban J connectivity index is 0.00000151. The number of carbonyl (C=O) groups excluding carboxylic acids is 2. The minimum Gasteiger partial charge on any atom is -0.469 e. The number of esters is 1. The molecule has 134 valence electrons. The van der Waals surface area contributed by atoms with Gasteiger partial charge in [0.2, 0.25) is 0 Å². The van der Waals surface area contributed by atoms with Gasteiger partial charge in [0.25, 0.3) is 0 Å². The van der Waals surface area contributed by atoms with Crippen LogP contribution in [0, 0.1) is 11.3 Å². The molecule has 1 atom stereocenters. The lowest BCUT2D eigenvalue weighted by Crippen LogP contribution is -2.36. The first-order chi connectivity index (χ1) is 11.9. The van der Waals surface area contributed by atoms with Crippen molar-refractivity contribution in [1.29, 1.82) is 0 Å². The summed E-state index contributed by atoms with van der Waals surface area (Å²) in [4.78, 5) is 24.5. The number of methoxy groups -OCH3 is 1. The van der Waals surface area contributed by atoms with Gasteiger partial charge in [-0.1, -0.05) is 89.2 Å². The lowest BCUT2D eigenvalue weighted by molar-refractivity contribution is -0.147. The molecule has 1 unspecified atom stereocenters.